The Labute approximate surface area is 125 Å². The van der Waals surface area contributed by atoms with Crippen LogP contribution in [0.15, 0.2) is 36.4 Å². The molecule has 1 unspecified atom stereocenters. The summed E-state index contributed by atoms with van der Waals surface area (Å²) < 4.78 is 10.8. The third kappa shape index (κ3) is 2.88. The van der Waals surface area contributed by atoms with Gasteiger partial charge in [-0.2, -0.15) is 0 Å². The van der Waals surface area contributed by atoms with E-state index in [1.165, 1.54) is 22.3 Å². The van der Waals surface area contributed by atoms with Gasteiger partial charge in [0, 0.05) is 5.92 Å². The summed E-state index contributed by atoms with van der Waals surface area (Å²) in [7, 11) is 0. The maximum Gasteiger partial charge on any atom is 0.231 e. The van der Waals surface area contributed by atoms with Gasteiger partial charge >= 0.3 is 0 Å². The minimum Gasteiger partial charge on any atom is -0.454 e. The fourth-order valence-electron chi connectivity index (χ4n) is 2.87. The molecule has 110 valence electrons. The molecule has 2 aromatic rings. The zero-order valence-corrected chi connectivity index (χ0v) is 12.6. The molecule has 0 fully saturated rings. The van der Waals surface area contributed by atoms with Gasteiger partial charge in [-0.1, -0.05) is 29.8 Å². The third-order valence-electron chi connectivity index (χ3n) is 4.08. The number of fused-ring (bicyclic) bond motifs is 1. The van der Waals surface area contributed by atoms with E-state index in [0.29, 0.717) is 19.3 Å². The summed E-state index contributed by atoms with van der Waals surface area (Å²) >= 11 is 0. The number of rotatable bonds is 4. The molecule has 0 saturated heterocycles. The Balaban J connectivity index is 1.86. The van der Waals surface area contributed by atoms with Crippen molar-refractivity contribution in [2.75, 3.05) is 13.3 Å². The highest BCUT2D eigenvalue weighted by molar-refractivity contribution is 5.45. The molecular weight excluding hydrogens is 262 g/mol. The van der Waals surface area contributed by atoms with Gasteiger partial charge in [0.2, 0.25) is 6.79 Å². The highest BCUT2D eigenvalue weighted by atomic mass is 16.7. The smallest absolute Gasteiger partial charge is 0.231 e. The highest BCUT2D eigenvalue weighted by Crippen LogP contribution is 2.34. The number of hydrogen-bond acceptors (Lipinski definition) is 3. The standard InChI is InChI=1S/C18H21NO2/c1-12-3-4-13(2)16(7-12)15(10-19)8-14-5-6-17-18(9-14)21-11-20-17/h3-7,9,15H,8,10-11,19H2,1-2H3. The highest BCUT2D eigenvalue weighted by Gasteiger charge is 2.17. The fraction of sp³-hybridized carbons (Fsp3) is 0.333. The largest absolute Gasteiger partial charge is 0.454 e. The van der Waals surface area contributed by atoms with Crippen molar-refractivity contribution in [1.29, 1.82) is 0 Å². The summed E-state index contributed by atoms with van der Waals surface area (Å²) in [6.07, 6.45) is 0.914. The van der Waals surface area contributed by atoms with E-state index in [4.69, 9.17) is 15.2 Å². The lowest BCUT2D eigenvalue weighted by Gasteiger charge is -2.18. The lowest BCUT2D eigenvalue weighted by Crippen LogP contribution is -2.16. The number of hydrogen-bond donors (Lipinski definition) is 1. The van der Waals surface area contributed by atoms with Crippen molar-refractivity contribution in [3.8, 4) is 11.5 Å². The molecule has 1 aliphatic rings. The summed E-state index contributed by atoms with van der Waals surface area (Å²) in [5.41, 5.74) is 11.2. The van der Waals surface area contributed by atoms with Gasteiger partial charge in [-0.05, 0) is 55.6 Å². The van der Waals surface area contributed by atoms with Gasteiger partial charge in [-0.15, -0.1) is 0 Å². The van der Waals surface area contributed by atoms with Crippen molar-refractivity contribution in [3.05, 3.63) is 58.7 Å². The van der Waals surface area contributed by atoms with Crippen LogP contribution < -0.4 is 15.2 Å². The Kier molecular flexibility index (Phi) is 3.84. The Bertz CT molecular complexity index is 652. The Morgan fingerprint density at radius 2 is 1.86 bits per heavy atom. The molecule has 0 saturated carbocycles. The molecule has 2 aromatic carbocycles. The minimum absolute atomic E-state index is 0.316. The average Bonchev–Trinajstić information content (AvgIpc) is 2.95. The number of ether oxygens (including phenoxy) is 2. The van der Waals surface area contributed by atoms with Gasteiger partial charge in [0.05, 0.1) is 0 Å². The Hall–Kier alpha value is -2.00. The first-order valence-electron chi connectivity index (χ1n) is 7.33. The minimum atomic E-state index is 0.316. The Morgan fingerprint density at radius 3 is 2.67 bits per heavy atom. The van der Waals surface area contributed by atoms with Crippen LogP contribution in [0.5, 0.6) is 11.5 Å². The molecule has 0 radical (unpaired) electrons. The van der Waals surface area contributed by atoms with Gasteiger partial charge in [0.1, 0.15) is 0 Å². The van der Waals surface area contributed by atoms with E-state index in [2.05, 4.69) is 44.2 Å². The van der Waals surface area contributed by atoms with Gasteiger partial charge in [-0.3, -0.25) is 0 Å². The van der Waals surface area contributed by atoms with Crippen LogP contribution in [0, 0.1) is 13.8 Å². The molecule has 21 heavy (non-hydrogen) atoms. The summed E-state index contributed by atoms with van der Waals surface area (Å²) in [5.74, 6) is 1.99. The second-order valence-corrected chi connectivity index (χ2v) is 5.68. The first kappa shape index (κ1) is 14.0. The molecule has 3 nitrogen and oxygen atoms in total. The fourth-order valence-corrected chi connectivity index (χ4v) is 2.87. The first-order valence-corrected chi connectivity index (χ1v) is 7.33. The van der Waals surface area contributed by atoms with Crippen LogP contribution in [0.3, 0.4) is 0 Å². The van der Waals surface area contributed by atoms with E-state index < -0.39 is 0 Å². The topological polar surface area (TPSA) is 44.5 Å². The van der Waals surface area contributed by atoms with Crippen molar-refractivity contribution in [2.45, 2.75) is 26.2 Å². The van der Waals surface area contributed by atoms with Gasteiger partial charge in [0.25, 0.3) is 0 Å². The quantitative estimate of drug-likeness (QED) is 0.936. The predicted molar refractivity (Wildman–Crippen MR) is 84.0 cm³/mol. The van der Waals surface area contributed by atoms with Crippen molar-refractivity contribution >= 4 is 0 Å². The second-order valence-electron chi connectivity index (χ2n) is 5.68. The number of benzene rings is 2. The van der Waals surface area contributed by atoms with E-state index in [-0.39, 0.29) is 0 Å². The van der Waals surface area contributed by atoms with Gasteiger partial charge < -0.3 is 15.2 Å². The van der Waals surface area contributed by atoms with Crippen LogP contribution in [0.1, 0.15) is 28.2 Å². The van der Waals surface area contributed by atoms with Gasteiger partial charge in [-0.25, -0.2) is 0 Å². The third-order valence-corrected chi connectivity index (χ3v) is 4.08. The molecule has 0 aliphatic carbocycles. The normalized spacial score (nSPS) is 14.2. The van der Waals surface area contributed by atoms with E-state index in [9.17, 15) is 0 Å². The van der Waals surface area contributed by atoms with E-state index in [0.717, 1.165) is 17.9 Å². The van der Waals surface area contributed by atoms with Crippen LogP contribution in [-0.2, 0) is 6.42 Å². The molecule has 1 atom stereocenters. The number of nitrogens with two attached hydrogens (primary N) is 1. The van der Waals surface area contributed by atoms with Crippen LogP contribution in [0.2, 0.25) is 0 Å². The van der Waals surface area contributed by atoms with E-state index in [1.54, 1.807) is 0 Å². The molecule has 0 spiro atoms. The van der Waals surface area contributed by atoms with Crippen LogP contribution >= 0.6 is 0 Å². The lowest BCUT2D eigenvalue weighted by atomic mass is 9.88. The van der Waals surface area contributed by atoms with E-state index in [1.807, 2.05) is 6.07 Å². The monoisotopic (exact) mass is 283 g/mol. The van der Waals surface area contributed by atoms with Crippen LogP contribution in [0.4, 0.5) is 0 Å². The molecular formula is C18H21NO2. The molecule has 2 N–H and O–H groups in total. The SMILES string of the molecule is Cc1ccc(C)c(C(CN)Cc2ccc3c(c2)OCO3)c1. The van der Waals surface area contributed by atoms with Crippen LogP contribution in [0.25, 0.3) is 0 Å². The molecule has 1 heterocycles. The molecule has 1 aliphatic heterocycles. The molecule has 3 rings (SSSR count). The number of aryl methyl sites for hydroxylation is 2. The molecule has 0 aromatic heterocycles. The van der Waals surface area contributed by atoms with Crippen molar-refractivity contribution in [1.82, 2.24) is 0 Å². The first-order chi connectivity index (χ1) is 10.2. The van der Waals surface area contributed by atoms with Gasteiger partial charge in [0.15, 0.2) is 11.5 Å². The van der Waals surface area contributed by atoms with E-state index >= 15 is 0 Å². The summed E-state index contributed by atoms with van der Waals surface area (Å²) in [4.78, 5) is 0. The summed E-state index contributed by atoms with van der Waals surface area (Å²) in [6, 6.07) is 12.7. The maximum absolute atomic E-state index is 6.03. The van der Waals surface area contributed by atoms with Crippen molar-refractivity contribution in [3.63, 3.8) is 0 Å². The Morgan fingerprint density at radius 1 is 1.05 bits per heavy atom. The maximum atomic E-state index is 6.03. The predicted octanol–water partition coefficient (Wildman–Crippen LogP) is 3.32. The average molecular weight is 283 g/mol. The zero-order valence-electron chi connectivity index (χ0n) is 12.6. The lowest BCUT2D eigenvalue weighted by molar-refractivity contribution is 0.174. The van der Waals surface area contributed by atoms with Crippen LogP contribution in [-0.4, -0.2) is 13.3 Å². The zero-order chi connectivity index (χ0) is 14.8. The summed E-state index contributed by atoms with van der Waals surface area (Å²) in [5, 5.41) is 0. The molecule has 3 heteroatoms. The molecule has 0 bridgehead atoms. The summed E-state index contributed by atoms with van der Waals surface area (Å²) in [6.45, 7) is 5.23. The second kappa shape index (κ2) is 5.78. The van der Waals surface area contributed by atoms with Crippen molar-refractivity contribution in [2.24, 2.45) is 5.73 Å². The van der Waals surface area contributed by atoms with Crippen molar-refractivity contribution < 1.29 is 9.47 Å². The molecule has 0 amide bonds.